The molecule has 9 heteroatoms. The van der Waals surface area contributed by atoms with E-state index in [1.807, 2.05) is 24.3 Å². The number of hydrazone groups is 1. The number of carbonyl (C=O) groups excluding carboxylic acids is 2. The number of para-hydroxylation sites is 1. The van der Waals surface area contributed by atoms with Gasteiger partial charge < -0.3 is 9.47 Å². The van der Waals surface area contributed by atoms with E-state index in [1.54, 1.807) is 67.0 Å². The summed E-state index contributed by atoms with van der Waals surface area (Å²) in [5.41, 5.74) is 4.51. The minimum atomic E-state index is -0.480. The van der Waals surface area contributed by atoms with E-state index in [9.17, 15) is 9.59 Å². The van der Waals surface area contributed by atoms with Crippen LogP contribution in [0, 0.1) is 0 Å². The van der Waals surface area contributed by atoms with Crippen LogP contribution in [0.2, 0.25) is 0 Å². The minimum absolute atomic E-state index is 0.205. The van der Waals surface area contributed by atoms with Crippen molar-refractivity contribution >= 4 is 51.4 Å². The van der Waals surface area contributed by atoms with Crippen molar-refractivity contribution in [2.45, 2.75) is 4.34 Å². The summed E-state index contributed by atoms with van der Waals surface area (Å²) in [5.74, 6) is 0.517. The van der Waals surface area contributed by atoms with Crippen molar-refractivity contribution in [2.24, 2.45) is 5.10 Å². The van der Waals surface area contributed by atoms with Gasteiger partial charge in [-0.1, -0.05) is 36.0 Å². The van der Waals surface area contributed by atoms with Crippen molar-refractivity contribution in [2.75, 3.05) is 12.9 Å². The monoisotopic (exact) mass is 477 g/mol. The number of fused-ring (bicyclic) bond motifs is 1. The highest BCUT2D eigenvalue weighted by Crippen LogP contribution is 2.29. The summed E-state index contributed by atoms with van der Waals surface area (Å²) in [5, 5.41) is 3.98. The van der Waals surface area contributed by atoms with E-state index in [2.05, 4.69) is 15.5 Å². The summed E-state index contributed by atoms with van der Waals surface area (Å²) >= 11 is 2.92. The van der Waals surface area contributed by atoms with Gasteiger partial charge in [-0.2, -0.15) is 5.10 Å². The van der Waals surface area contributed by atoms with Crippen molar-refractivity contribution in [1.29, 1.82) is 0 Å². The number of thiazole rings is 1. The highest BCUT2D eigenvalue weighted by atomic mass is 32.2. The second kappa shape index (κ2) is 10.8. The molecule has 0 radical (unpaired) electrons. The number of esters is 1. The number of thioether (sulfide) groups is 1. The second-order valence-corrected chi connectivity index (χ2v) is 8.97. The molecule has 0 saturated carbocycles. The highest BCUT2D eigenvalue weighted by molar-refractivity contribution is 8.01. The molecule has 7 nitrogen and oxygen atoms in total. The molecule has 166 valence electrons. The second-order valence-electron chi connectivity index (χ2n) is 6.72. The summed E-state index contributed by atoms with van der Waals surface area (Å²) in [6.07, 6.45) is 1.49. The van der Waals surface area contributed by atoms with Gasteiger partial charge in [0, 0.05) is 0 Å². The quantitative estimate of drug-likeness (QED) is 0.129. The Balaban J connectivity index is 1.28. The molecule has 1 N–H and O–H groups in total. The Hall–Kier alpha value is -3.69. The lowest BCUT2D eigenvalue weighted by Gasteiger charge is -2.06. The first kappa shape index (κ1) is 22.5. The van der Waals surface area contributed by atoms with Crippen LogP contribution < -0.4 is 14.9 Å². The molecule has 1 amide bonds. The van der Waals surface area contributed by atoms with Crippen LogP contribution in [-0.2, 0) is 4.79 Å². The zero-order valence-corrected chi connectivity index (χ0v) is 19.2. The van der Waals surface area contributed by atoms with Gasteiger partial charge in [0.25, 0.3) is 5.91 Å². The van der Waals surface area contributed by atoms with Crippen molar-refractivity contribution in [3.63, 3.8) is 0 Å². The number of methoxy groups -OCH3 is 1. The predicted octanol–water partition coefficient (Wildman–Crippen LogP) is 4.77. The molecule has 0 aliphatic rings. The van der Waals surface area contributed by atoms with E-state index in [1.165, 1.54) is 18.0 Å². The van der Waals surface area contributed by atoms with Gasteiger partial charge in [0.05, 0.1) is 34.9 Å². The normalized spacial score (nSPS) is 10.9. The Morgan fingerprint density at radius 3 is 2.67 bits per heavy atom. The molecule has 1 aromatic heterocycles. The van der Waals surface area contributed by atoms with Crippen LogP contribution in [0.15, 0.2) is 82.2 Å². The van der Waals surface area contributed by atoms with Crippen LogP contribution in [0.3, 0.4) is 0 Å². The van der Waals surface area contributed by atoms with Crippen molar-refractivity contribution in [1.82, 2.24) is 10.4 Å². The summed E-state index contributed by atoms with van der Waals surface area (Å²) in [4.78, 5) is 28.9. The Morgan fingerprint density at radius 2 is 1.88 bits per heavy atom. The Morgan fingerprint density at radius 1 is 1.06 bits per heavy atom. The zero-order valence-electron chi connectivity index (χ0n) is 17.6. The fourth-order valence-electron chi connectivity index (χ4n) is 2.80. The fraction of sp³-hybridized carbons (Fsp3) is 0.0833. The van der Waals surface area contributed by atoms with Crippen LogP contribution in [-0.4, -0.2) is 35.9 Å². The molecule has 33 heavy (non-hydrogen) atoms. The maximum Gasteiger partial charge on any atom is 0.343 e. The lowest BCUT2D eigenvalue weighted by Crippen LogP contribution is -2.19. The molecule has 0 fully saturated rings. The number of nitrogens with one attached hydrogen (secondary N) is 1. The van der Waals surface area contributed by atoms with E-state index in [4.69, 9.17) is 9.47 Å². The standard InChI is InChI=1S/C24H19N3O4S2/c1-30-18-11-9-17(10-12-18)23(29)31-19-6-4-5-16(13-19)14-25-27-22(28)15-32-24-26-20-7-2-3-8-21(20)33-24/h2-14H,15H2,1H3,(H,27,28)/b25-14-. The molecular formula is C24H19N3O4S2. The topological polar surface area (TPSA) is 89.9 Å². The van der Waals surface area contributed by atoms with Crippen LogP contribution >= 0.6 is 23.1 Å². The first-order valence-corrected chi connectivity index (χ1v) is 11.7. The molecule has 1 heterocycles. The van der Waals surface area contributed by atoms with E-state index < -0.39 is 5.97 Å². The van der Waals surface area contributed by atoms with Gasteiger partial charge in [0.1, 0.15) is 11.5 Å². The molecule has 0 spiro atoms. The van der Waals surface area contributed by atoms with Crippen molar-refractivity contribution < 1.29 is 19.1 Å². The average molecular weight is 478 g/mol. The van der Waals surface area contributed by atoms with Crippen LogP contribution in [0.1, 0.15) is 15.9 Å². The molecule has 4 aromatic rings. The molecule has 0 saturated heterocycles. The molecule has 0 atom stereocenters. The van der Waals surface area contributed by atoms with Gasteiger partial charge in [0.2, 0.25) is 0 Å². The summed E-state index contributed by atoms with van der Waals surface area (Å²) < 4.78 is 12.4. The van der Waals surface area contributed by atoms with Gasteiger partial charge in [0.15, 0.2) is 4.34 Å². The maximum atomic E-state index is 12.3. The molecule has 0 aliphatic carbocycles. The number of benzene rings is 3. The third-order valence-corrected chi connectivity index (χ3v) is 6.58. The summed E-state index contributed by atoms with van der Waals surface area (Å²) in [6, 6.07) is 21.4. The number of amides is 1. The fourth-order valence-corrected chi connectivity index (χ4v) is 4.66. The molecule has 3 aromatic carbocycles. The van der Waals surface area contributed by atoms with Crippen molar-refractivity contribution in [3.8, 4) is 11.5 Å². The Kier molecular flexibility index (Phi) is 7.33. The van der Waals surface area contributed by atoms with Crippen LogP contribution in [0.25, 0.3) is 10.2 Å². The first-order chi connectivity index (χ1) is 16.1. The maximum absolute atomic E-state index is 12.3. The number of ether oxygens (including phenoxy) is 2. The molecule has 0 unspecified atom stereocenters. The number of hydrogen-bond acceptors (Lipinski definition) is 8. The minimum Gasteiger partial charge on any atom is -0.497 e. The number of aromatic nitrogens is 1. The SMILES string of the molecule is COc1ccc(C(=O)Oc2cccc(/C=N\NC(=O)CSc3nc4ccccc4s3)c2)cc1. The Bertz CT molecular complexity index is 1270. The smallest absolute Gasteiger partial charge is 0.343 e. The summed E-state index contributed by atoms with van der Waals surface area (Å²) in [7, 11) is 1.56. The molecular weight excluding hydrogens is 458 g/mol. The van der Waals surface area contributed by atoms with Gasteiger partial charge in [-0.3, -0.25) is 4.79 Å². The number of hydrogen-bond donors (Lipinski definition) is 1. The summed E-state index contributed by atoms with van der Waals surface area (Å²) in [6.45, 7) is 0. The van der Waals surface area contributed by atoms with E-state index in [-0.39, 0.29) is 11.7 Å². The molecule has 0 bridgehead atoms. The number of rotatable bonds is 8. The number of carbonyl (C=O) groups is 2. The van der Waals surface area contributed by atoms with Gasteiger partial charge in [-0.15, -0.1) is 11.3 Å². The zero-order chi connectivity index (χ0) is 23.0. The first-order valence-electron chi connectivity index (χ1n) is 9.87. The third kappa shape index (κ3) is 6.18. The van der Waals surface area contributed by atoms with E-state index in [0.29, 0.717) is 22.6 Å². The van der Waals surface area contributed by atoms with Crippen LogP contribution in [0.5, 0.6) is 11.5 Å². The molecule has 0 aliphatic heterocycles. The van der Waals surface area contributed by atoms with Crippen molar-refractivity contribution in [3.05, 3.63) is 83.9 Å². The van der Waals surface area contributed by atoms with E-state index >= 15 is 0 Å². The lowest BCUT2D eigenvalue weighted by molar-refractivity contribution is -0.118. The molecule has 4 rings (SSSR count). The highest BCUT2D eigenvalue weighted by Gasteiger charge is 2.09. The van der Waals surface area contributed by atoms with Gasteiger partial charge in [-0.25, -0.2) is 15.2 Å². The Labute approximate surface area is 198 Å². The number of nitrogens with zero attached hydrogens (tertiary/aromatic N) is 2. The van der Waals surface area contributed by atoms with Gasteiger partial charge in [-0.05, 0) is 54.1 Å². The van der Waals surface area contributed by atoms with Crippen LogP contribution in [0.4, 0.5) is 0 Å². The third-order valence-electron chi connectivity index (χ3n) is 4.40. The van der Waals surface area contributed by atoms with E-state index in [0.717, 1.165) is 14.6 Å². The lowest BCUT2D eigenvalue weighted by atomic mass is 10.2. The largest absolute Gasteiger partial charge is 0.497 e. The van der Waals surface area contributed by atoms with Gasteiger partial charge >= 0.3 is 5.97 Å². The average Bonchev–Trinajstić information content (AvgIpc) is 3.26. The predicted molar refractivity (Wildman–Crippen MR) is 130 cm³/mol.